The number of hydrogen-bond donors (Lipinski definition) is 2. The Bertz CT molecular complexity index is 620. The minimum Gasteiger partial charge on any atom is -0.497 e. The largest absolute Gasteiger partial charge is 0.497 e. The molecule has 0 saturated carbocycles. The summed E-state index contributed by atoms with van der Waals surface area (Å²) in [5.74, 6) is 2.00. The third kappa shape index (κ3) is 4.84. The van der Waals surface area contributed by atoms with Crippen molar-refractivity contribution in [2.75, 3.05) is 24.7 Å². The monoisotopic (exact) mass is 314 g/mol. The van der Waals surface area contributed by atoms with Crippen LogP contribution in [-0.2, 0) is 6.42 Å². The molecule has 0 radical (unpaired) electrons. The molecule has 1 aromatic heterocycles. The molecule has 5 nitrogen and oxygen atoms in total. The van der Waals surface area contributed by atoms with Gasteiger partial charge in [0.1, 0.15) is 11.6 Å². The van der Waals surface area contributed by atoms with Crippen molar-refractivity contribution in [2.24, 2.45) is 0 Å². The zero-order valence-electron chi connectivity index (χ0n) is 14.2. The fourth-order valence-corrected chi connectivity index (χ4v) is 2.48. The number of methoxy groups -OCH3 is 1. The van der Waals surface area contributed by atoms with Gasteiger partial charge in [-0.05, 0) is 31.0 Å². The van der Waals surface area contributed by atoms with E-state index in [1.807, 2.05) is 25.1 Å². The topological polar surface area (TPSA) is 73.1 Å². The van der Waals surface area contributed by atoms with Crippen LogP contribution in [0.15, 0.2) is 24.3 Å². The molecule has 0 amide bonds. The number of rotatable bonds is 8. The second-order valence-electron chi connectivity index (χ2n) is 5.66. The van der Waals surface area contributed by atoms with Gasteiger partial charge in [-0.3, -0.25) is 0 Å². The van der Waals surface area contributed by atoms with E-state index in [0.29, 0.717) is 18.2 Å². The van der Waals surface area contributed by atoms with E-state index in [1.165, 1.54) is 12.8 Å². The Morgan fingerprint density at radius 1 is 1.22 bits per heavy atom. The molecule has 2 aromatic rings. The van der Waals surface area contributed by atoms with Gasteiger partial charge >= 0.3 is 0 Å². The molecular weight excluding hydrogens is 288 g/mol. The fraction of sp³-hybridized carbons (Fsp3) is 0.444. The SMILES string of the molecule is CCCCCNc1nc(C)c(Cc2cccc(OC)c2)c(N)n1. The molecule has 1 heterocycles. The summed E-state index contributed by atoms with van der Waals surface area (Å²) in [7, 11) is 1.67. The summed E-state index contributed by atoms with van der Waals surface area (Å²) in [6.07, 6.45) is 4.22. The summed E-state index contributed by atoms with van der Waals surface area (Å²) in [5, 5.41) is 3.25. The number of anilines is 2. The number of unbranched alkanes of at least 4 members (excludes halogenated alkanes) is 2. The van der Waals surface area contributed by atoms with E-state index >= 15 is 0 Å². The van der Waals surface area contributed by atoms with Crippen molar-refractivity contribution in [2.45, 2.75) is 39.5 Å². The van der Waals surface area contributed by atoms with Crippen molar-refractivity contribution in [3.05, 3.63) is 41.1 Å². The lowest BCUT2D eigenvalue weighted by Gasteiger charge is -2.12. The van der Waals surface area contributed by atoms with Crippen LogP contribution in [0.5, 0.6) is 5.75 Å². The number of nitrogen functional groups attached to an aromatic ring is 1. The first kappa shape index (κ1) is 17.1. The quantitative estimate of drug-likeness (QED) is 0.729. The van der Waals surface area contributed by atoms with Crippen LogP contribution in [0.4, 0.5) is 11.8 Å². The van der Waals surface area contributed by atoms with E-state index < -0.39 is 0 Å². The van der Waals surface area contributed by atoms with Gasteiger partial charge in [0, 0.05) is 24.2 Å². The zero-order chi connectivity index (χ0) is 16.7. The minimum atomic E-state index is 0.540. The molecule has 0 fully saturated rings. The number of aromatic nitrogens is 2. The van der Waals surface area contributed by atoms with Gasteiger partial charge in [0.25, 0.3) is 0 Å². The van der Waals surface area contributed by atoms with E-state index in [0.717, 1.165) is 35.5 Å². The number of nitrogens with zero attached hydrogens (tertiary/aromatic N) is 2. The highest BCUT2D eigenvalue weighted by atomic mass is 16.5. The summed E-state index contributed by atoms with van der Waals surface area (Å²) < 4.78 is 5.26. The van der Waals surface area contributed by atoms with E-state index in [-0.39, 0.29) is 0 Å². The molecule has 0 saturated heterocycles. The van der Waals surface area contributed by atoms with Gasteiger partial charge in [0.2, 0.25) is 5.95 Å². The highest BCUT2D eigenvalue weighted by molar-refractivity contribution is 5.49. The standard InChI is InChI=1S/C18H26N4O/c1-4-5-6-10-20-18-21-13(2)16(17(19)22-18)12-14-8-7-9-15(11-14)23-3/h7-9,11H,4-6,10,12H2,1-3H3,(H3,19,20,21,22). The molecule has 0 atom stereocenters. The molecule has 0 bridgehead atoms. The van der Waals surface area contributed by atoms with E-state index in [9.17, 15) is 0 Å². The van der Waals surface area contributed by atoms with Crippen LogP contribution in [0.2, 0.25) is 0 Å². The summed E-state index contributed by atoms with van der Waals surface area (Å²) in [6, 6.07) is 7.97. The third-order valence-electron chi connectivity index (χ3n) is 3.82. The van der Waals surface area contributed by atoms with Gasteiger partial charge in [0.05, 0.1) is 7.11 Å². The molecule has 0 unspecified atom stereocenters. The smallest absolute Gasteiger partial charge is 0.224 e. The highest BCUT2D eigenvalue weighted by Gasteiger charge is 2.10. The van der Waals surface area contributed by atoms with Crippen LogP contribution >= 0.6 is 0 Å². The molecule has 23 heavy (non-hydrogen) atoms. The van der Waals surface area contributed by atoms with Crippen LogP contribution in [0.25, 0.3) is 0 Å². The molecule has 2 rings (SSSR count). The van der Waals surface area contributed by atoms with Gasteiger partial charge in [-0.15, -0.1) is 0 Å². The number of benzene rings is 1. The minimum absolute atomic E-state index is 0.540. The summed E-state index contributed by atoms with van der Waals surface area (Å²) in [6.45, 7) is 5.04. The normalized spacial score (nSPS) is 10.6. The van der Waals surface area contributed by atoms with Gasteiger partial charge in [-0.25, -0.2) is 4.98 Å². The van der Waals surface area contributed by atoms with Crippen molar-refractivity contribution in [3.63, 3.8) is 0 Å². The number of aryl methyl sites for hydroxylation is 1. The molecular formula is C18H26N4O. The Hall–Kier alpha value is -2.30. The molecule has 0 spiro atoms. The Morgan fingerprint density at radius 3 is 2.74 bits per heavy atom. The van der Waals surface area contributed by atoms with Gasteiger partial charge in [-0.2, -0.15) is 4.98 Å². The van der Waals surface area contributed by atoms with Crippen LogP contribution in [0, 0.1) is 6.92 Å². The second-order valence-corrected chi connectivity index (χ2v) is 5.66. The first-order valence-corrected chi connectivity index (χ1v) is 8.13. The Morgan fingerprint density at radius 2 is 2.04 bits per heavy atom. The van der Waals surface area contributed by atoms with Crippen LogP contribution in [0.1, 0.15) is 43.0 Å². The number of hydrogen-bond acceptors (Lipinski definition) is 5. The van der Waals surface area contributed by atoms with Crippen molar-refractivity contribution < 1.29 is 4.74 Å². The maximum absolute atomic E-state index is 6.15. The molecule has 3 N–H and O–H groups in total. The Balaban J connectivity index is 2.10. The van der Waals surface area contributed by atoms with Crippen molar-refractivity contribution in [1.29, 1.82) is 0 Å². The molecule has 0 aliphatic carbocycles. The molecule has 1 aromatic carbocycles. The predicted molar refractivity (Wildman–Crippen MR) is 95.0 cm³/mol. The average Bonchev–Trinajstić information content (AvgIpc) is 2.55. The first-order valence-electron chi connectivity index (χ1n) is 8.13. The van der Waals surface area contributed by atoms with E-state index in [4.69, 9.17) is 10.5 Å². The van der Waals surface area contributed by atoms with Crippen LogP contribution in [-0.4, -0.2) is 23.6 Å². The molecule has 124 valence electrons. The van der Waals surface area contributed by atoms with Gasteiger partial charge < -0.3 is 15.8 Å². The molecule has 0 aliphatic heterocycles. The predicted octanol–water partition coefficient (Wildman–Crippen LogP) is 3.57. The highest BCUT2D eigenvalue weighted by Crippen LogP contribution is 2.21. The number of nitrogens with two attached hydrogens (primary N) is 1. The second kappa shape index (κ2) is 8.36. The third-order valence-corrected chi connectivity index (χ3v) is 3.82. The summed E-state index contributed by atoms with van der Waals surface area (Å²) in [5.41, 5.74) is 9.16. The van der Waals surface area contributed by atoms with Gasteiger partial charge in [0.15, 0.2) is 0 Å². The summed E-state index contributed by atoms with van der Waals surface area (Å²) in [4.78, 5) is 8.93. The Kier molecular flexibility index (Phi) is 6.20. The lowest BCUT2D eigenvalue weighted by atomic mass is 10.0. The van der Waals surface area contributed by atoms with Crippen molar-refractivity contribution >= 4 is 11.8 Å². The Labute approximate surface area is 138 Å². The zero-order valence-corrected chi connectivity index (χ0v) is 14.2. The maximum Gasteiger partial charge on any atom is 0.224 e. The lowest BCUT2D eigenvalue weighted by Crippen LogP contribution is -2.11. The van der Waals surface area contributed by atoms with Gasteiger partial charge in [-0.1, -0.05) is 31.9 Å². The first-order chi connectivity index (χ1) is 11.1. The molecule has 5 heteroatoms. The number of ether oxygens (including phenoxy) is 1. The summed E-state index contributed by atoms with van der Waals surface area (Å²) >= 11 is 0. The average molecular weight is 314 g/mol. The molecule has 0 aliphatic rings. The van der Waals surface area contributed by atoms with Crippen molar-refractivity contribution in [3.8, 4) is 5.75 Å². The van der Waals surface area contributed by atoms with Crippen molar-refractivity contribution in [1.82, 2.24) is 9.97 Å². The number of nitrogens with one attached hydrogen (secondary N) is 1. The fourth-order valence-electron chi connectivity index (χ4n) is 2.48. The van der Waals surface area contributed by atoms with Crippen LogP contribution < -0.4 is 15.8 Å². The lowest BCUT2D eigenvalue weighted by molar-refractivity contribution is 0.414. The van der Waals surface area contributed by atoms with E-state index in [1.54, 1.807) is 7.11 Å². The van der Waals surface area contributed by atoms with Crippen LogP contribution in [0.3, 0.4) is 0 Å². The maximum atomic E-state index is 6.15. The van der Waals surface area contributed by atoms with E-state index in [2.05, 4.69) is 28.3 Å².